The Morgan fingerprint density at radius 2 is 1.30 bits per heavy atom. The van der Waals surface area contributed by atoms with Crippen molar-refractivity contribution in [3.63, 3.8) is 0 Å². The van der Waals surface area contributed by atoms with E-state index in [0.29, 0.717) is 59.9 Å². The van der Waals surface area contributed by atoms with Gasteiger partial charge in [0.1, 0.15) is 5.01 Å². The number of unbranched alkanes of at least 4 members (excludes halogenated alkanes) is 3. The van der Waals surface area contributed by atoms with Crippen molar-refractivity contribution in [3.8, 4) is 50.8 Å². The average Bonchev–Trinajstić information content (AvgIpc) is 3.84. The molecule has 0 aliphatic carbocycles. The lowest BCUT2D eigenvalue weighted by Crippen LogP contribution is -2.24. The summed E-state index contributed by atoms with van der Waals surface area (Å²) in [4.78, 5) is 17.6. The number of hydrogen-bond donors (Lipinski definition) is 0. The molecule has 0 saturated carbocycles. The van der Waals surface area contributed by atoms with Crippen molar-refractivity contribution in [2.24, 2.45) is 5.10 Å². The zero-order valence-corrected chi connectivity index (χ0v) is 31.8. The van der Waals surface area contributed by atoms with E-state index in [-0.39, 0.29) is 11.9 Å². The minimum absolute atomic E-state index is 0.168. The molecule has 0 bridgehead atoms. The fourth-order valence-electron chi connectivity index (χ4n) is 6.34. The van der Waals surface area contributed by atoms with Crippen LogP contribution in [-0.4, -0.2) is 70.4 Å². The normalized spacial score (nSPS) is 13.8. The maximum absolute atomic E-state index is 12.8. The molecule has 1 atom stereocenters. The van der Waals surface area contributed by atoms with E-state index in [1.165, 1.54) is 11.9 Å². The maximum atomic E-state index is 12.8. The van der Waals surface area contributed by atoms with Crippen LogP contribution >= 0.6 is 11.3 Å². The van der Waals surface area contributed by atoms with Gasteiger partial charge in [-0.25, -0.2) is 9.99 Å². The molecule has 1 aliphatic rings. The second-order valence-electron chi connectivity index (χ2n) is 12.4. The fraction of sp³-hybridized carbons (Fsp3) is 0.341. The first-order valence-corrected chi connectivity index (χ1v) is 18.3. The first-order valence-electron chi connectivity index (χ1n) is 17.5. The molecule has 0 spiro atoms. The molecule has 2 heterocycles. The van der Waals surface area contributed by atoms with E-state index in [0.717, 1.165) is 63.3 Å². The van der Waals surface area contributed by atoms with Crippen LogP contribution in [0.5, 0.6) is 40.2 Å². The number of rotatable bonds is 17. The number of benzene rings is 4. The summed E-state index contributed by atoms with van der Waals surface area (Å²) in [6.07, 6.45) is 4.20. The third kappa shape index (κ3) is 8.44. The monoisotopic (exact) mass is 739 g/mol. The fourth-order valence-corrected chi connectivity index (χ4v) is 7.30. The van der Waals surface area contributed by atoms with Gasteiger partial charge in [0.05, 0.1) is 70.7 Å². The Bertz CT molecular complexity index is 2020. The third-order valence-electron chi connectivity index (χ3n) is 9.06. The largest absolute Gasteiger partial charge is 0.493 e. The van der Waals surface area contributed by atoms with Gasteiger partial charge in [-0.05, 0) is 85.8 Å². The van der Waals surface area contributed by atoms with Gasteiger partial charge < -0.3 is 33.2 Å². The van der Waals surface area contributed by atoms with E-state index < -0.39 is 0 Å². The third-order valence-corrected chi connectivity index (χ3v) is 10.1. The van der Waals surface area contributed by atoms with Crippen LogP contribution in [0, 0.1) is 0 Å². The highest BCUT2D eigenvalue weighted by atomic mass is 32.1. The van der Waals surface area contributed by atoms with E-state index in [1.807, 2.05) is 66.7 Å². The van der Waals surface area contributed by atoms with Crippen LogP contribution in [0.25, 0.3) is 20.8 Å². The highest BCUT2D eigenvalue weighted by molar-refractivity contribution is 7.21. The number of para-hydroxylation sites is 1. The molecule has 0 N–H and O–H groups in total. The Kier molecular flexibility index (Phi) is 12.2. The first kappa shape index (κ1) is 37.3. The Morgan fingerprint density at radius 3 is 1.91 bits per heavy atom. The van der Waals surface area contributed by atoms with Gasteiger partial charge in [-0.2, -0.15) is 5.10 Å². The number of hydrogen-bond acceptors (Lipinski definition) is 11. The summed E-state index contributed by atoms with van der Waals surface area (Å²) >= 11 is 1.66. The van der Waals surface area contributed by atoms with E-state index in [1.54, 1.807) is 46.9 Å². The molecular formula is C41H45N3O8S. The molecule has 6 rings (SSSR count). The number of carbonyl (C=O) groups excluding carboxylic acids is 1. The molecule has 5 aromatic rings. The number of carbonyl (C=O) groups is 1. The Hall–Kier alpha value is -5.49. The SMILES string of the molecule is COc1ccc(-c2nc3ccccc3s2)cc1OCCCCCCOc1cc(C2CC(c3cc(OC)c(OC)c(OC)c3)=NN2C(C)=O)ccc1OC. The second kappa shape index (κ2) is 17.4. The molecule has 1 amide bonds. The predicted molar refractivity (Wildman–Crippen MR) is 207 cm³/mol. The molecule has 0 saturated heterocycles. The van der Waals surface area contributed by atoms with E-state index in [4.69, 9.17) is 43.2 Å². The van der Waals surface area contributed by atoms with Crippen LogP contribution in [-0.2, 0) is 4.79 Å². The van der Waals surface area contributed by atoms with Gasteiger partial charge in [0.15, 0.2) is 34.5 Å². The van der Waals surface area contributed by atoms with Crippen LogP contribution in [0.15, 0.2) is 77.9 Å². The maximum Gasteiger partial charge on any atom is 0.240 e. The van der Waals surface area contributed by atoms with Crippen molar-refractivity contribution >= 4 is 33.2 Å². The van der Waals surface area contributed by atoms with Crippen molar-refractivity contribution in [1.82, 2.24) is 9.99 Å². The lowest BCUT2D eigenvalue weighted by Gasteiger charge is -2.22. The van der Waals surface area contributed by atoms with Gasteiger partial charge in [0.25, 0.3) is 0 Å². The van der Waals surface area contributed by atoms with E-state index in [2.05, 4.69) is 6.07 Å². The quantitative estimate of drug-likeness (QED) is 0.0865. The highest BCUT2D eigenvalue weighted by Crippen LogP contribution is 2.42. The van der Waals surface area contributed by atoms with Gasteiger partial charge in [-0.3, -0.25) is 4.79 Å². The molecule has 278 valence electrons. The zero-order chi connectivity index (χ0) is 37.3. The summed E-state index contributed by atoms with van der Waals surface area (Å²) in [6, 6.07) is 23.2. The van der Waals surface area contributed by atoms with Gasteiger partial charge in [0, 0.05) is 24.5 Å². The molecule has 11 nitrogen and oxygen atoms in total. The number of fused-ring (bicyclic) bond motifs is 1. The minimum Gasteiger partial charge on any atom is -0.493 e. The summed E-state index contributed by atoms with van der Waals surface area (Å²) in [6.45, 7) is 2.61. The van der Waals surface area contributed by atoms with Gasteiger partial charge in [0.2, 0.25) is 11.7 Å². The van der Waals surface area contributed by atoms with Gasteiger partial charge >= 0.3 is 0 Å². The van der Waals surface area contributed by atoms with Crippen molar-refractivity contribution in [3.05, 3.63) is 83.9 Å². The Labute approximate surface area is 314 Å². The van der Waals surface area contributed by atoms with Crippen molar-refractivity contribution in [2.75, 3.05) is 48.8 Å². The van der Waals surface area contributed by atoms with Crippen LogP contribution in [0.4, 0.5) is 0 Å². The summed E-state index contributed by atoms with van der Waals surface area (Å²) in [7, 11) is 7.97. The Balaban J connectivity index is 1.02. The predicted octanol–water partition coefficient (Wildman–Crippen LogP) is 8.72. The van der Waals surface area contributed by atoms with Crippen LogP contribution < -0.4 is 33.2 Å². The molecular weight excluding hydrogens is 695 g/mol. The summed E-state index contributed by atoms with van der Waals surface area (Å²) in [5.41, 5.74) is 4.40. The molecule has 1 aromatic heterocycles. The van der Waals surface area contributed by atoms with Gasteiger partial charge in [-0.1, -0.05) is 18.2 Å². The molecule has 1 aliphatic heterocycles. The van der Waals surface area contributed by atoms with Crippen LogP contribution in [0.2, 0.25) is 0 Å². The van der Waals surface area contributed by atoms with E-state index >= 15 is 0 Å². The number of methoxy groups -OCH3 is 5. The zero-order valence-electron chi connectivity index (χ0n) is 31.0. The summed E-state index contributed by atoms with van der Waals surface area (Å²) < 4.78 is 41.3. The van der Waals surface area contributed by atoms with Crippen LogP contribution in [0.3, 0.4) is 0 Å². The smallest absolute Gasteiger partial charge is 0.240 e. The topological polar surface area (TPSA) is 110 Å². The number of amides is 1. The first-order chi connectivity index (χ1) is 25.9. The molecule has 53 heavy (non-hydrogen) atoms. The number of aromatic nitrogens is 1. The minimum atomic E-state index is -0.324. The van der Waals surface area contributed by atoms with E-state index in [9.17, 15) is 4.79 Å². The van der Waals surface area contributed by atoms with Gasteiger partial charge in [-0.15, -0.1) is 11.3 Å². The molecule has 0 fully saturated rings. The highest BCUT2D eigenvalue weighted by Gasteiger charge is 2.33. The standard InChI is InChI=1S/C41H45N3O8S/c1-26(45)44-32(25-31(43-44)29-23-37(48-4)40(50-6)38(24-29)49-5)27-15-17-33(46-2)35(21-27)51-19-11-7-8-12-20-52-36-22-28(16-18-34(36)47-3)41-42-30-13-9-10-14-39(30)53-41/h9-10,13-18,21-24,32H,7-8,11-12,19-20,25H2,1-6H3. The molecule has 1 unspecified atom stereocenters. The van der Waals surface area contributed by atoms with Crippen molar-refractivity contribution < 1.29 is 38.0 Å². The average molecular weight is 740 g/mol. The van der Waals surface area contributed by atoms with Crippen LogP contribution in [0.1, 0.15) is 56.2 Å². The molecule has 4 aromatic carbocycles. The van der Waals surface area contributed by atoms with Crippen molar-refractivity contribution in [2.45, 2.75) is 45.1 Å². The summed E-state index contributed by atoms with van der Waals surface area (Å²) in [5.74, 6) is 4.02. The second-order valence-corrected chi connectivity index (χ2v) is 13.4. The number of thiazole rings is 1. The van der Waals surface area contributed by atoms with Crippen molar-refractivity contribution in [1.29, 1.82) is 0 Å². The molecule has 12 heteroatoms. The summed E-state index contributed by atoms with van der Waals surface area (Å²) in [5, 5.41) is 7.18. The Morgan fingerprint density at radius 1 is 0.698 bits per heavy atom. The lowest BCUT2D eigenvalue weighted by molar-refractivity contribution is -0.130. The molecule has 0 radical (unpaired) electrons. The lowest BCUT2D eigenvalue weighted by atomic mass is 9.97. The number of nitrogens with zero attached hydrogens (tertiary/aromatic N) is 3. The number of hydrazone groups is 1. The number of ether oxygens (including phenoxy) is 7.